The molecule has 0 radical (unpaired) electrons. The summed E-state index contributed by atoms with van der Waals surface area (Å²) in [6.07, 6.45) is 5.47. The maximum atomic E-state index is 12.1. The Morgan fingerprint density at radius 3 is 2.59 bits per heavy atom. The fourth-order valence-electron chi connectivity index (χ4n) is 2.58. The summed E-state index contributed by atoms with van der Waals surface area (Å²) in [5, 5.41) is 9.99. The molecule has 1 saturated carbocycles. The molecule has 1 aromatic carbocycles. The van der Waals surface area contributed by atoms with E-state index in [-0.39, 0.29) is 17.8 Å². The molecule has 1 fully saturated rings. The summed E-state index contributed by atoms with van der Waals surface area (Å²) in [5.41, 5.74) is 0.768. The first-order chi connectivity index (χ1) is 8.27. The van der Waals surface area contributed by atoms with Gasteiger partial charge in [-0.1, -0.05) is 49.6 Å². The number of carbonyl (C=O) groups excluding carboxylic acids is 1. The van der Waals surface area contributed by atoms with Crippen molar-refractivity contribution in [1.29, 1.82) is 0 Å². The Morgan fingerprint density at radius 2 is 1.82 bits per heavy atom. The SMILES string of the molecule is O=C(CC1CCCCCC1O)c1ccccc1. The van der Waals surface area contributed by atoms with Crippen LogP contribution in [0.15, 0.2) is 30.3 Å². The predicted molar refractivity (Wildman–Crippen MR) is 68.0 cm³/mol. The van der Waals surface area contributed by atoms with Crippen molar-refractivity contribution in [3.63, 3.8) is 0 Å². The van der Waals surface area contributed by atoms with E-state index < -0.39 is 0 Å². The molecule has 0 amide bonds. The fraction of sp³-hybridized carbons (Fsp3) is 0.533. The van der Waals surface area contributed by atoms with E-state index in [1.165, 1.54) is 6.42 Å². The van der Waals surface area contributed by atoms with Crippen LogP contribution in [0.3, 0.4) is 0 Å². The number of Topliss-reactive ketones (excluding diaryl/α,β-unsaturated/α-hetero) is 1. The monoisotopic (exact) mass is 232 g/mol. The largest absolute Gasteiger partial charge is 0.393 e. The lowest BCUT2D eigenvalue weighted by Crippen LogP contribution is -2.22. The minimum atomic E-state index is -0.287. The summed E-state index contributed by atoms with van der Waals surface area (Å²) in [6, 6.07) is 9.39. The molecule has 1 aliphatic carbocycles. The van der Waals surface area contributed by atoms with Gasteiger partial charge < -0.3 is 5.11 Å². The second-order valence-corrected chi connectivity index (χ2v) is 4.96. The highest BCUT2D eigenvalue weighted by atomic mass is 16.3. The van der Waals surface area contributed by atoms with Crippen molar-refractivity contribution in [3.05, 3.63) is 35.9 Å². The van der Waals surface area contributed by atoms with E-state index in [1.54, 1.807) is 0 Å². The van der Waals surface area contributed by atoms with Crippen LogP contribution in [0.4, 0.5) is 0 Å². The molecule has 2 heteroatoms. The van der Waals surface area contributed by atoms with Gasteiger partial charge in [-0.25, -0.2) is 0 Å². The van der Waals surface area contributed by atoms with Gasteiger partial charge >= 0.3 is 0 Å². The molecule has 0 heterocycles. The van der Waals surface area contributed by atoms with E-state index in [9.17, 15) is 9.90 Å². The molecule has 92 valence electrons. The topological polar surface area (TPSA) is 37.3 Å². The Morgan fingerprint density at radius 1 is 1.12 bits per heavy atom. The average molecular weight is 232 g/mol. The summed E-state index contributed by atoms with van der Waals surface area (Å²) in [6.45, 7) is 0. The van der Waals surface area contributed by atoms with Gasteiger partial charge in [0.05, 0.1) is 6.10 Å². The summed E-state index contributed by atoms with van der Waals surface area (Å²) >= 11 is 0. The van der Waals surface area contributed by atoms with Crippen LogP contribution in [0.2, 0.25) is 0 Å². The fourth-order valence-corrected chi connectivity index (χ4v) is 2.58. The summed E-state index contributed by atoms with van der Waals surface area (Å²) in [4.78, 5) is 12.1. The molecule has 0 spiro atoms. The van der Waals surface area contributed by atoms with Gasteiger partial charge in [-0.15, -0.1) is 0 Å². The van der Waals surface area contributed by atoms with Crippen LogP contribution in [0.5, 0.6) is 0 Å². The number of rotatable bonds is 3. The lowest BCUT2D eigenvalue weighted by atomic mass is 9.90. The number of hydrogen-bond donors (Lipinski definition) is 1. The number of carbonyl (C=O) groups is 1. The van der Waals surface area contributed by atoms with Crippen molar-refractivity contribution >= 4 is 5.78 Å². The minimum absolute atomic E-state index is 0.158. The van der Waals surface area contributed by atoms with Gasteiger partial charge in [0.25, 0.3) is 0 Å². The molecular formula is C15H20O2. The van der Waals surface area contributed by atoms with Crippen molar-refractivity contribution in [2.75, 3.05) is 0 Å². The molecule has 0 aromatic heterocycles. The lowest BCUT2D eigenvalue weighted by molar-refractivity contribution is 0.0764. The van der Waals surface area contributed by atoms with E-state index in [0.717, 1.165) is 31.2 Å². The van der Waals surface area contributed by atoms with Gasteiger partial charge in [0, 0.05) is 12.0 Å². The second-order valence-electron chi connectivity index (χ2n) is 4.96. The summed E-state index contributed by atoms with van der Waals surface area (Å²) < 4.78 is 0. The Hall–Kier alpha value is -1.15. The van der Waals surface area contributed by atoms with E-state index in [2.05, 4.69) is 0 Å². The van der Waals surface area contributed by atoms with Crippen molar-refractivity contribution in [2.45, 2.75) is 44.6 Å². The third-order valence-corrected chi connectivity index (χ3v) is 3.66. The molecule has 0 aliphatic heterocycles. The molecule has 1 N–H and O–H groups in total. The van der Waals surface area contributed by atoms with Crippen LogP contribution in [0.25, 0.3) is 0 Å². The molecular weight excluding hydrogens is 212 g/mol. The van der Waals surface area contributed by atoms with E-state index in [4.69, 9.17) is 0 Å². The van der Waals surface area contributed by atoms with Crippen molar-refractivity contribution in [3.8, 4) is 0 Å². The first kappa shape index (κ1) is 12.3. The number of aliphatic hydroxyl groups excluding tert-OH is 1. The zero-order valence-electron chi connectivity index (χ0n) is 10.1. The van der Waals surface area contributed by atoms with Crippen LogP contribution >= 0.6 is 0 Å². The Kier molecular flexibility index (Phi) is 4.32. The third-order valence-electron chi connectivity index (χ3n) is 3.66. The summed E-state index contributed by atoms with van der Waals surface area (Å²) in [7, 11) is 0. The van der Waals surface area contributed by atoms with Gasteiger partial charge in [-0.2, -0.15) is 0 Å². The normalized spacial score (nSPS) is 25.2. The standard InChI is InChI=1S/C15H20O2/c16-14-10-6-2-5-9-13(14)11-15(17)12-7-3-1-4-8-12/h1,3-4,7-8,13-14,16H,2,5-6,9-11H2. The van der Waals surface area contributed by atoms with Gasteiger partial charge in [-0.3, -0.25) is 4.79 Å². The third kappa shape index (κ3) is 3.40. The first-order valence-corrected chi connectivity index (χ1v) is 6.53. The molecule has 2 nitrogen and oxygen atoms in total. The highest BCUT2D eigenvalue weighted by Gasteiger charge is 2.24. The van der Waals surface area contributed by atoms with Crippen LogP contribution in [-0.4, -0.2) is 17.0 Å². The lowest BCUT2D eigenvalue weighted by Gasteiger charge is -2.19. The van der Waals surface area contributed by atoms with Crippen LogP contribution in [0.1, 0.15) is 48.9 Å². The van der Waals surface area contributed by atoms with Crippen LogP contribution in [0, 0.1) is 5.92 Å². The Balaban J connectivity index is 1.98. The minimum Gasteiger partial charge on any atom is -0.393 e. The zero-order valence-corrected chi connectivity index (χ0v) is 10.1. The van der Waals surface area contributed by atoms with Gasteiger partial charge in [0.2, 0.25) is 0 Å². The molecule has 0 bridgehead atoms. The van der Waals surface area contributed by atoms with E-state index in [1.807, 2.05) is 30.3 Å². The summed E-state index contributed by atoms with van der Waals surface area (Å²) in [5.74, 6) is 0.321. The van der Waals surface area contributed by atoms with Crippen molar-refractivity contribution in [2.24, 2.45) is 5.92 Å². The smallest absolute Gasteiger partial charge is 0.163 e. The van der Waals surface area contributed by atoms with Crippen molar-refractivity contribution < 1.29 is 9.90 Å². The van der Waals surface area contributed by atoms with Crippen molar-refractivity contribution in [1.82, 2.24) is 0 Å². The highest BCUT2D eigenvalue weighted by molar-refractivity contribution is 5.96. The molecule has 2 unspecified atom stereocenters. The highest BCUT2D eigenvalue weighted by Crippen LogP contribution is 2.27. The Labute approximate surface area is 103 Å². The first-order valence-electron chi connectivity index (χ1n) is 6.53. The van der Waals surface area contributed by atoms with Gasteiger partial charge in [0.1, 0.15) is 0 Å². The maximum absolute atomic E-state index is 12.1. The molecule has 1 aromatic rings. The Bertz CT molecular complexity index is 358. The quantitative estimate of drug-likeness (QED) is 0.642. The molecule has 1 aliphatic rings. The van der Waals surface area contributed by atoms with Crippen LogP contribution in [-0.2, 0) is 0 Å². The number of aliphatic hydroxyl groups is 1. The molecule has 2 rings (SSSR count). The zero-order chi connectivity index (χ0) is 12.1. The van der Waals surface area contributed by atoms with Gasteiger partial charge in [-0.05, 0) is 18.8 Å². The molecule has 17 heavy (non-hydrogen) atoms. The second kappa shape index (κ2) is 5.97. The molecule has 0 saturated heterocycles. The van der Waals surface area contributed by atoms with E-state index >= 15 is 0 Å². The van der Waals surface area contributed by atoms with Crippen LogP contribution < -0.4 is 0 Å². The van der Waals surface area contributed by atoms with Gasteiger partial charge in [0.15, 0.2) is 5.78 Å². The number of hydrogen-bond acceptors (Lipinski definition) is 2. The number of benzene rings is 1. The predicted octanol–water partition coefficient (Wildman–Crippen LogP) is 3.20. The number of ketones is 1. The van der Waals surface area contributed by atoms with E-state index in [0.29, 0.717) is 6.42 Å². The average Bonchev–Trinajstić information content (AvgIpc) is 2.56. The maximum Gasteiger partial charge on any atom is 0.163 e. The molecule has 2 atom stereocenters.